The summed E-state index contributed by atoms with van der Waals surface area (Å²) in [6, 6.07) is 9.25. The first-order valence-electron chi connectivity index (χ1n) is 6.38. The Morgan fingerprint density at radius 2 is 1.74 bits per heavy atom. The summed E-state index contributed by atoms with van der Waals surface area (Å²) in [7, 11) is -3.73. The minimum Gasteiger partial charge on any atom is -0.228 e. The van der Waals surface area contributed by atoms with Crippen LogP contribution in [0.4, 0.5) is 4.39 Å². The SMILES string of the molecule is NS(=O)(=O)c1ccc(-c2c(-c3ccc(F)nc3)csc2Br)cc1. The number of benzene rings is 1. The number of aromatic nitrogens is 1. The molecule has 0 fully saturated rings. The molecule has 2 heterocycles. The van der Waals surface area contributed by atoms with Crippen LogP contribution in [0.25, 0.3) is 22.3 Å². The minimum atomic E-state index is -3.73. The van der Waals surface area contributed by atoms with Gasteiger partial charge in [-0.05, 0) is 45.8 Å². The maximum absolute atomic E-state index is 13.0. The molecule has 8 heteroatoms. The summed E-state index contributed by atoms with van der Waals surface area (Å²) < 4.78 is 36.6. The highest BCUT2D eigenvalue weighted by Gasteiger charge is 2.15. The van der Waals surface area contributed by atoms with Crippen molar-refractivity contribution in [3.63, 3.8) is 0 Å². The molecule has 0 bridgehead atoms. The number of rotatable bonds is 3. The molecule has 0 aliphatic rings. The third kappa shape index (κ3) is 3.35. The van der Waals surface area contributed by atoms with E-state index in [9.17, 15) is 12.8 Å². The van der Waals surface area contributed by atoms with E-state index in [0.29, 0.717) is 0 Å². The normalized spacial score (nSPS) is 11.6. The van der Waals surface area contributed by atoms with Crippen LogP contribution in [-0.2, 0) is 10.0 Å². The second-order valence-corrected chi connectivity index (χ2v) is 8.50. The van der Waals surface area contributed by atoms with Crippen LogP contribution in [0.1, 0.15) is 0 Å². The molecule has 4 nitrogen and oxygen atoms in total. The number of halogens is 2. The first-order chi connectivity index (χ1) is 10.9. The highest BCUT2D eigenvalue weighted by atomic mass is 79.9. The Balaban J connectivity index is 2.10. The van der Waals surface area contributed by atoms with Gasteiger partial charge in [0, 0.05) is 28.3 Å². The summed E-state index contributed by atoms with van der Waals surface area (Å²) >= 11 is 4.99. The molecule has 0 aliphatic heterocycles. The van der Waals surface area contributed by atoms with Crippen molar-refractivity contribution < 1.29 is 12.8 Å². The zero-order valence-electron chi connectivity index (χ0n) is 11.5. The van der Waals surface area contributed by atoms with Crippen molar-refractivity contribution >= 4 is 37.3 Å². The van der Waals surface area contributed by atoms with Gasteiger partial charge in [0.05, 0.1) is 8.68 Å². The fourth-order valence-electron chi connectivity index (χ4n) is 2.16. The van der Waals surface area contributed by atoms with Gasteiger partial charge < -0.3 is 0 Å². The average molecular weight is 413 g/mol. The van der Waals surface area contributed by atoms with Crippen LogP contribution in [0.3, 0.4) is 0 Å². The highest BCUT2D eigenvalue weighted by molar-refractivity contribution is 9.11. The van der Waals surface area contributed by atoms with Crippen molar-refractivity contribution in [1.82, 2.24) is 4.98 Å². The van der Waals surface area contributed by atoms with Crippen LogP contribution in [0.5, 0.6) is 0 Å². The fourth-order valence-corrected chi connectivity index (χ4v) is 4.22. The summed E-state index contributed by atoms with van der Waals surface area (Å²) in [4.78, 5) is 3.73. The number of nitrogens with two attached hydrogens (primary N) is 1. The van der Waals surface area contributed by atoms with Gasteiger partial charge in [-0.15, -0.1) is 11.3 Å². The monoisotopic (exact) mass is 412 g/mol. The number of pyridine rings is 1. The molecular formula is C15H10BrFN2O2S2. The smallest absolute Gasteiger partial charge is 0.228 e. The summed E-state index contributed by atoms with van der Waals surface area (Å²) in [5.41, 5.74) is 3.38. The van der Waals surface area contributed by atoms with Gasteiger partial charge >= 0.3 is 0 Å². The molecule has 2 aromatic heterocycles. The van der Waals surface area contributed by atoms with E-state index >= 15 is 0 Å². The first-order valence-corrected chi connectivity index (χ1v) is 9.60. The van der Waals surface area contributed by atoms with E-state index in [4.69, 9.17) is 5.14 Å². The van der Waals surface area contributed by atoms with E-state index in [2.05, 4.69) is 20.9 Å². The predicted molar refractivity (Wildman–Crippen MR) is 92.0 cm³/mol. The molecule has 0 spiro atoms. The molecule has 0 aliphatic carbocycles. The van der Waals surface area contributed by atoms with Gasteiger partial charge in [0.1, 0.15) is 0 Å². The number of sulfonamides is 1. The van der Waals surface area contributed by atoms with Gasteiger partial charge in [0.15, 0.2) is 0 Å². The zero-order valence-corrected chi connectivity index (χ0v) is 14.8. The summed E-state index contributed by atoms with van der Waals surface area (Å²) in [5, 5.41) is 7.04. The lowest BCUT2D eigenvalue weighted by Crippen LogP contribution is -2.11. The third-order valence-electron chi connectivity index (χ3n) is 3.26. The Bertz CT molecular complexity index is 952. The van der Waals surface area contributed by atoms with Crippen molar-refractivity contribution in [2.45, 2.75) is 4.90 Å². The predicted octanol–water partition coefficient (Wildman–Crippen LogP) is 4.03. The summed E-state index contributed by atoms with van der Waals surface area (Å²) in [6.45, 7) is 0. The molecule has 0 saturated carbocycles. The molecule has 0 radical (unpaired) electrons. The molecule has 0 atom stereocenters. The van der Waals surface area contributed by atoms with Crippen LogP contribution >= 0.6 is 27.3 Å². The lowest BCUT2D eigenvalue weighted by molar-refractivity contribution is 0.584. The van der Waals surface area contributed by atoms with Crippen LogP contribution in [0.15, 0.2) is 56.7 Å². The van der Waals surface area contributed by atoms with E-state index in [1.807, 2.05) is 5.38 Å². The molecule has 0 unspecified atom stereocenters. The highest BCUT2D eigenvalue weighted by Crippen LogP contribution is 2.42. The number of hydrogen-bond donors (Lipinski definition) is 1. The Kier molecular flexibility index (Phi) is 4.33. The van der Waals surface area contributed by atoms with E-state index in [1.54, 1.807) is 18.2 Å². The largest absolute Gasteiger partial charge is 0.238 e. The molecule has 0 saturated heterocycles. The first kappa shape index (κ1) is 16.3. The number of thiophene rings is 1. The molecule has 1 aromatic carbocycles. The second kappa shape index (κ2) is 6.12. The Hall–Kier alpha value is -1.61. The summed E-state index contributed by atoms with van der Waals surface area (Å²) in [5.74, 6) is -0.540. The van der Waals surface area contributed by atoms with Gasteiger partial charge in [0.25, 0.3) is 0 Å². The zero-order chi connectivity index (χ0) is 16.6. The van der Waals surface area contributed by atoms with Crippen LogP contribution < -0.4 is 5.14 Å². The van der Waals surface area contributed by atoms with E-state index < -0.39 is 16.0 Å². The molecule has 118 valence electrons. The summed E-state index contributed by atoms with van der Waals surface area (Å²) in [6.07, 6.45) is 1.46. The third-order valence-corrected chi connectivity index (χ3v) is 5.91. The lowest BCUT2D eigenvalue weighted by atomic mass is 10.0. The topological polar surface area (TPSA) is 73.1 Å². The number of hydrogen-bond acceptors (Lipinski definition) is 4. The van der Waals surface area contributed by atoms with Crippen molar-refractivity contribution in [3.8, 4) is 22.3 Å². The average Bonchev–Trinajstić information content (AvgIpc) is 2.89. The van der Waals surface area contributed by atoms with E-state index in [0.717, 1.165) is 26.0 Å². The Morgan fingerprint density at radius 1 is 1.09 bits per heavy atom. The van der Waals surface area contributed by atoms with Gasteiger partial charge in [-0.25, -0.2) is 18.5 Å². The number of primary sulfonamides is 1. The van der Waals surface area contributed by atoms with Crippen molar-refractivity contribution in [2.75, 3.05) is 0 Å². The molecule has 3 aromatic rings. The van der Waals surface area contributed by atoms with Crippen LogP contribution in [-0.4, -0.2) is 13.4 Å². The van der Waals surface area contributed by atoms with Crippen molar-refractivity contribution in [3.05, 3.63) is 57.7 Å². The molecule has 23 heavy (non-hydrogen) atoms. The fraction of sp³-hybridized carbons (Fsp3) is 0. The van der Waals surface area contributed by atoms with Crippen LogP contribution in [0, 0.1) is 5.95 Å². The maximum atomic E-state index is 13.0. The Labute approximate surface area is 145 Å². The second-order valence-electron chi connectivity index (χ2n) is 4.74. The maximum Gasteiger partial charge on any atom is 0.238 e. The van der Waals surface area contributed by atoms with Gasteiger partial charge in [-0.1, -0.05) is 12.1 Å². The van der Waals surface area contributed by atoms with E-state index in [1.165, 1.54) is 35.7 Å². The molecule has 2 N–H and O–H groups in total. The molecule has 0 amide bonds. The molecular weight excluding hydrogens is 403 g/mol. The molecule has 3 rings (SSSR count). The number of nitrogens with zero attached hydrogens (tertiary/aromatic N) is 1. The van der Waals surface area contributed by atoms with Gasteiger partial charge in [-0.2, -0.15) is 4.39 Å². The quantitative estimate of drug-likeness (QED) is 0.659. The Morgan fingerprint density at radius 3 is 2.30 bits per heavy atom. The standard InChI is InChI=1S/C15H10BrFN2O2S2/c16-15-14(9-1-4-11(5-2-9)23(18,20)21)12(8-22-15)10-3-6-13(17)19-7-10/h1-8H,(H2,18,20,21). The minimum absolute atomic E-state index is 0.0533. The van der Waals surface area contributed by atoms with Crippen LogP contribution in [0.2, 0.25) is 0 Å². The lowest BCUT2D eigenvalue weighted by Gasteiger charge is -2.07. The van der Waals surface area contributed by atoms with Gasteiger partial charge in [-0.3, -0.25) is 0 Å². The van der Waals surface area contributed by atoms with Gasteiger partial charge in [0.2, 0.25) is 16.0 Å². The van der Waals surface area contributed by atoms with E-state index in [-0.39, 0.29) is 4.90 Å². The van der Waals surface area contributed by atoms with Crippen molar-refractivity contribution in [2.24, 2.45) is 5.14 Å². The van der Waals surface area contributed by atoms with Crippen molar-refractivity contribution in [1.29, 1.82) is 0 Å².